The number of imide groups is 1. The lowest BCUT2D eigenvalue weighted by Gasteiger charge is -2.16. The third kappa shape index (κ3) is 3.36. The third-order valence-corrected chi connectivity index (χ3v) is 5.52. The highest BCUT2D eigenvalue weighted by Gasteiger charge is 2.40. The third-order valence-electron chi connectivity index (χ3n) is 5.23. The first-order chi connectivity index (χ1) is 15.4. The van der Waals surface area contributed by atoms with E-state index in [2.05, 4.69) is 5.32 Å². The maximum Gasteiger partial charge on any atom is 0.282 e. The van der Waals surface area contributed by atoms with Crippen molar-refractivity contribution in [3.05, 3.63) is 88.3 Å². The van der Waals surface area contributed by atoms with Crippen LogP contribution < -0.4 is 19.7 Å². The van der Waals surface area contributed by atoms with Crippen molar-refractivity contribution in [2.75, 3.05) is 17.0 Å². The van der Waals surface area contributed by atoms with Gasteiger partial charge in [-0.2, -0.15) is 0 Å². The van der Waals surface area contributed by atoms with Crippen molar-refractivity contribution in [3.8, 4) is 11.5 Å². The van der Waals surface area contributed by atoms with Gasteiger partial charge in [0.25, 0.3) is 11.8 Å². The number of hydrogen-bond acceptors (Lipinski definition) is 5. The van der Waals surface area contributed by atoms with Crippen LogP contribution in [0, 0.1) is 12.7 Å². The predicted molar refractivity (Wildman–Crippen MR) is 118 cm³/mol. The van der Waals surface area contributed by atoms with Crippen LogP contribution in [0.2, 0.25) is 5.02 Å². The minimum absolute atomic E-state index is 0.0955. The van der Waals surface area contributed by atoms with Crippen molar-refractivity contribution >= 4 is 40.4 Å². The van der Waals surface area contributed by atoms with Crippen LogP contribution in [0.4, 0.5) is 15.8 Å². The van der Waals surface area contributed by atoms with Crippen molar-refractivity contribution in [1.29, 1.82) is 0 Å². The smallest absolute Gasteiger partial charge is 0.282 e. The van der Waals surface area contributed by atoms with E-state index in [9.17, 15) is 14.0 Å². The number of carbonyl (C=O) groups excluding carboxylic acids is 2. The second-order valence-electron chi connectivity index (χ2n) is 7.35. The van der Waals surface area contributed by atoms with Crippen LogP contribution in [-0.4, -0.2) is 18.6 Å². The SMILES string of the molecule is Cc1ccc(C2=C(Nc3ccc4c(c3)OCO4)C(=O)N(c3ccc(F)c(Cl)c3)C2=O)cc1. The second-order valence-corrected chi connectivity index (χ2v) is 7.76. The molecule has 8 heteroatoms. The summed E-state index contributed by atoms with van der Waals surface area (Å²) < 4.78 is 24.4. The van der Waals surface area contributed by atoms with E-state index in [0.717, 1.165) is 16.5 Å². The molecule has 0 aliphatic carbocycles. The van der Waals surface area contributed by atoms with Gasteiger partial charge in [0.2, 0.25) is 6.79 Å². The summed E-state index contributed by atoms with van der Waals surface area (Å²) in [5.41, 5.74) is 2.62. The molecule has 2 aliphatic rings. The standard InChI is InChI=1S/C24H16ClFN2O4/c1-13-2-4-14(5-3-13)21-22(27-15-6-9-19-20(10-15)32-12-31-19)24(30)28(23(21)29)16-7-8-18(26)17(25)11-16/h2-11,27H,12H2,1H3. The van der Waals surface area contributed by atoms with Gasteiger partial charge >= 0.3 is 0 Å². The molecule has 0 bridgehead atoms. The van der Waals surface area contributed by atoms with Gasteiger partial charge in [-0.05, 0) is 42.8 Å². The number of ether oxygens (including phenoxy) is 2. The molecule has 32 heavy (non-hydrogen) atoms. The molecule has 0 aromatic heterocycles. The van der Waals surface area contributed by atoms with Crippen LogP contribution in [0.15, 0.2) is 66.4 Å². The Balaban J connectivity index is 1.59. The second kappa shape index (κ2) is 7.69. The highest BCUT2D eigenvalue weighted by molar-refractivity contribution is 6.46. The van der Waals surface area contributed by atoms with Gasteiger partial charge < -0.3 is 14.8 Å². The summed E-state index contributed by atoms with van der Waals surface area (Å²) in [6.07, 6.45) is 0. The molecule has 160 valence electrons. The lowest BCUT2D eigenvalue weighted by atomic mass is 10.0. The number of carbonyl (C=O) groups is 2. The number of halogens is 2. The number of amides is 2. The Labute approximate surface area is 187 Å². The fourth-order valence-corrected chi connectivity index (χ4v) is 3.79. The van der Waals surface area contributed by atoms with Crippen molar-refractivity contribution in [1.82, 2.24) is 0 Å². The lowest BCUT2D eigenvalue weighted by Crippen LogP contribution is -2.32. The van der Waals surface area contributed by atoms with E-state index in [4.69, 9.17) is 21.1 Å². The minimum atomic E-state index is -0.639. The number of nitrogens with one attached hydrogen (secondary N) is 1. The van der Waals surface area contributed by atoms with Gasteiger partial charge in [-0.25, -0.2) is 9.29 Å². The quantitative estimate of drug-likeness (QED) is 0.572. The molecule has 0 spiro atoms. The van der Waals surface area contributed by atoms with Crippen molar-refractivity contribution < 1.29 is 23.5 Å². The highest BCUT2D eigenvalue weighted by Crippen LogP contribution is 2.38. The summed E-state index contributed by atoms with van der Waals surface area (Å²) in [5, 5.41) is 2.88. The molecule has 1 N–H and O–H groups in total. The van der Waals surface area contributed by atoms with E-state index in [-0.39, 0.29) is 28.8 Å². The predicted octanol–water partition coefficient (Wildman–Crippen LogP) is 4.91. The van der Waals surface area contributed by atoms with E-state index < -0.39 is 17.6 Å². The van der Waals surface area contributed by atoms with Gasteiger partial charge in [0, 0.05) is 11.8 Å². The summed E-state index contributed by atoms with van der Waals surface area (Å²) in [6, 6.07) is 16.1. The van der Waals surface area contributed by atoms with Gasteiger partial charge in [-0.1, -0.05) is 41.4 Å². The van der Waals surface area contributed by atoms with Crippen LogP contribution in [0.25, 0.3) is 5.57 Å². The van der Waals surface area contributed by atoms with E-state index in [0.29, 0.717) is 22.7 Å². The molecule has 0 fully saturated rings. The number of nitrogens with zero attached hydrogens (tertiary/aromatic N) is 1. The first-order valence-corrected chi connectivity index (χ1v) is 10.1. The van der Waals surface area contributed by atoms with Crippen LogP contribution in [0.1, 0.15) is 11.1 Å². The molecule has 2 aliphatic heterocycles. The van der Waals surface area contributed by atoms with E-state index in [1.807, 2.05) is 19.1 Å². The Hall–Kier alpha value is -3.84. The average molecular weight is 451 g/mol. The Kier molecular flexibility index (Phi) is 4.83. The molecule has 0 radical (unpaired) electrons. The molecule has 0 atom stereocenters. The zero-order valence-corrected chi connectivity index (χ0v) is 17.6. The number of rotatable bonds is 4. The fraction of sp³-hybridized carbons (Fsp3) is 0.0833. The molecule has 3 aromatic carbocycles. The fourth-order valence-electron chi connectivity index (χ4n) is 3.61. The molecular weight excluding hydrogens is 435 g/mol. The van der Waals surface area contributed by atoms with Gasteiger partial charge in [-0.3, -0.25) is 9.59 Å². The molecule has 0 saturated heterocycles. The number of hydrogen-bond donors (Lipinski definition) is 1. The number of fused-ring (bicyclic) bond motifs is 1. The summed E-state index contributed by atoms with van der Waals surface area (Å²) in [6.45, 7) is 2.05. The van der Waals surface area contributed by atoms with Crippen LogP contribution in [0.3, 0.4) is 0 Å². The summed E-state index contributed by atoms with van der Waals surface area (Å²) in [5.74, 6) is -0.623. The van der Waals surface area contributed by atoms with Gasteiger partial charge in [-0.15, -0.1) is 0 Å². The molecule has 3 aromatic rings. The largest absolute Gasteiger partial charge is 0.454 e. The zero-order chi connectivity index (χ0) is 22.4. The maximum atomic E-state index is 13.7. The number of aryl methyl sites for hydroxylation is 1. The van der Waals surface area contributed by atoms with E-state index in [1.165, 1.54) is 12.1 Å². The van der Waals surface area contributed by atoms with Crippen LogP contribution in [0.5, 0.6) is 11.5 Å². The topological polar surface area (TPSA) is 67.9 Å². The molecule has 0 unspecified atom stereocenters. The Morgan fingerprint density at radius 1 is 0.938 bits per heavy atom. The minimum Gasteiger partial charge on any atom is -0.454 e. The van der Waals surface area contributed by atoms with Gasteiger partial charge in [0.05, 0.1) is 16.3 Å². The van der Waals surface area contributed by atoms with Crippen LogP contribution >= 0.6 is 11.6 Å². The molecule has 2 amide bonds. The molecule has 5 rings (SSSR count). The first-order valence-electron chi connectivity index (χ1n) is 9.74. The highest BCUT2D eigenvalue weighted by atomic mass is 35.5. The number of benzene rings is 3. The normalized spacial score (nSPS) is 15.0. The van der Waals surface area contributed by atoms with Gasteiger partial charge in [0.15, 0.2) is 11.5 Å². The molecular formula is C24H16ClFN2O4. The first kappa shape index (κ1) is 20.1. The monoisotopic (exact) mass is 450 g/mol. The van der Waals surface area contributed by atoms with Crippen molar-refractivity contribution in [2.24, 2.45) is 0 Å². The summed E-state index contributed by atoms with van der Waals surface area (Å²) in [4.78, 5) is 27.8. The Bertz CT molecular complexity index is 1300. The summed E-state index contributed by atoms with van der Waals surface area (Å²) in [7, 11) is 0. The summed E-state index contributed by atoms with van der Waals surface area (Å²) >= 11 is 5.90. The van der Waals surface area contributed by atoms with Crippen molar-refractivity contribution in [3.63, 3.8) is 0 Å². The van der Waals surface area contributed by atoms with E-state index >= 15 is 0 Å². The average Bonchev–Trinajstić information content (AvgIpc) is 3.33. The Morgan fingerprint density at radius 2 is 1.69 bits per heavy atom. The van der Waals surface area contributed by atoms with Crippen molar-refractivity contribution in [2.45, 2.75) is 6.92 Å². The van der Waals surface area contributed by atoms with E-state index in [1.54, 1.807) is 30.3 Å². The lowest BCUT2D eigenvalue weighted by molar-refractivity contribution is -0.120. The van der Waals surface area contributed by atoms with Crippen LogP contribution in [-0.2, 0) is 9.59 Å². The molecule has 0 saturated carbocycles. The Morgan fingerprint density at radius 3 is 2.44 bits per heavy atom. The maximum absolute atomic E-state index is 13.7. The zero-order valence-electron chi connectivity index (χ0n) is 16.8. The number of anilines is 2. The molecule has 2 heterocycles. The molecule has 6 nitrogen and oxygen atoms in total. The van der Waals surface area contributed by atoms with Gasteiger partial charge in [0.1, 0.15) is 11.5 Å².